The zero-order valence-electron chi connectivity index (χ0n) is 11.7. The highest BCUT2D eigenvalue weighted by molar-refractivity contribution is 5.85. The number of hydrogen-bond acceptors (Lipinski definition) is 2. The van der Waals surface area contributed by atoms with Gasteiger partial charge >= 0.3 is 0 Å². The Morgan fingerprint density at radius 2 is 1.70 bits per heavy atom. The van der Waals surface area contributed by atoms with Crippen molar-refractivity contribution in [2.24, 2.45) is 0 Å². The average Bonchev–Trinajstić information content (AvgIpc) is 2.79. The predicted molar refractivity (Wildman–Crippen MR) is 81.8 cm³/mol. The monoisotopic (exact) mass is 267 g/mol. The van der Waals surface area contributed by atoms with Crippen molar-refractivity contribution in [2.75, 3.05) is 0 Å². The summed E-state index contributed by atoms with van der Waals surface area (Å²) in [6, 6.07) is 15.9. The van der Waals surface area contributed by atoms with E-state index in [0.717, 1.165) is 19.3 Å². The molecule has 2 N–H and O–H groups in total. The summed E-state index contributed by atoms with van der Waals surface area (Å²) in [7, 11) is 0. The van der Waals surface area contributed by atoms with Crippen LogP contribution in [0.3, 0.4) is 0 Å². The standard InChI is InChI=1S/C18H21NO/c20-18(11-15-8-9-16(12-18)19-15)10-14-6-3-5-13-4-1-2-7-17(13)14/h1-7,15-16,19-20H,8-12H2. The lowest BCUT2D eigenvalue weighted by molar-refractivity contribution is -0.00582. The number of fused-ring (bicyclic) bond motifs is 3. The van der Waals surface area contributed by atoms with Gasteiger partial charge in [0.1, 0.15) is 0 Å². The van der Waals surface area contributed by atoms with Gasteiger partial charge in [-0.05, 0) is 42.0 Å². The third-order valence-electron chi connectivity index (χ3n) is 4.99. The Morgan fingerprint density at radius 1 is 1.00 bits per heavy atom. The first-order valence-electron chi connectivity index (χ1n) is 7.67. The van der Waals surface area contributed by atoms with Crippen LogP contribution in [0.15, 0.2) is 42.5 Å². The van der Waals surface area contributed by atoms with Gasteiger partial charge in [-0.25, -0.2) is 0 Å². The van der Waals surface area contributed by atoms with E-state index in [2.05, 4.69) is 47.8 Å². The molecule has 0 saturated carbocycles. The third kappa shape index (κ3) is 2.13. The highest BCUT2D eigenvalue weighted by atomic mass is 16.3. The summed E-state index contributed by atoms with van der Waals surface area (Å²) in [4.78, 5) is 0. The Kier molecular flexibility index (Phi) is 2.83. The van der Waals surface area contributed by atoms with Crippen molar-refractivity contribution in [1.82, 2.24) is 5.32 Å². The summed E-state index contributed by atoms with van der Waals surface area (Å²) in [6.07, 6.45) is 5.02. The minimum absolute atomic E-state index is 0.522. The number of benzene rings is 2. The molecule has 2 fully saturated rings. The zero-order chi connectivity index (χ0) is 13.6. The van der Waals surface area contributed by atoms with Gasteiger partial charge in [-0.15, -0.1) is 0 Å². The molecule has 0 spiro atoms. The van der Waals surface area contributed by atoms with Gasteiger partial charge in [0.25, 0.3) is 0 Å². The van der Waals surface area contributed by atoms with Crippen molar-refractivity contribution in [2.45, 2.75) is 49.8 Å². The lowest BCUT2D eigenvalue weighted by Gasteiger charge is -2.37. The molecule has 2 saturated heterocycles. The van der Waals surface area contributed by atoms with Crippen LogP contribution in [0.2, 0.25) is 0 Å². The molecule has 0 aliphatic carbocycles. The minimum atomic E-state index is -0.527. The highest BCUT2D eigenvalue weighted by Crippen LogP contribution is 2.37. The summed E-state index contributed by atoms with van der Waals surface area (Å²) in [5.41, 5.74) is 0.758. The number of piperidine rings is 1. The second-order valence-corrected chi connectivity index (χ2v) is 6.59. The maximum absolute atomic E-state index is 11.0. The molecule has 2 heterocycles. The van der Waals surface area contributed by atoms with E-state index < -0.39 is 5.60 Å². The molecule has 104 valence electrons. The largest absolute Gasteiger partial charge is 0.389 e. The van der Waals surface area contributed by atoms with Crippen LogP contribution in [-0.2, 0) is 6.42 Å². The fraction of sp³-hybridized carbons (Fsp3) is 0.444. The van der Waals surface area contributed by atoms with Crippen molar-refractivity contribution >= 4 is 10.8 Å². The van der Waals surface area contributed by atoms with Crippen molar-refractivity contribution in [3.05, 3.63) is 48.0 Å². The van der Waals surface area contributed by atoms with Crippen LogP contribution < -0.4 is 5.32 Å². The van der Waals surface area contributed by atoms with E-state index in [-0.39, 0.29) is 0 Å². The summed E-state index contributed by atoms with van der Waals surface area (Å²) >= 11 is 0. The Labute approximate surface area is 119 Å². The van der Waals surface area contributed by atoms with Crippen LogP contribution in [0.5, 0.6) is 0 Å². The van der Waals surface area contributed by atoms with E-state index >= 15 is 0 Å². The summed E-state index contributed by atoms with van der Waals surface area (Å²) in [6.45, 7) is 0. The fourth-order valence-electron chi connectivity index (χ4n) is 4.17. The van der Waals surface area contributed by atoms with E-state index in [4.69, 9.17) is 0 Å². The van der Waals surface area contributed by atoms with E-state index in [1.165, 1.54) is 29.2 Å². The topological polar surface area (TPSA) is 32.3 Å². The number of aliphatic hydroxyl groups is 1. The van der Waals surface area contributed by atoms with Crippen molar-refractivity contribution < 1.29 is 5.11 Å². The van der Waals surface area contributed by atoms with Crippen LogP contribution >= 0.6 is 0 Å². The Hall–Kier alpha value is -1.38. The van der Waals surface area contributed by atoms with E-state index in [9.17, 15) is 5.11 Å². The van der Waals surface area contributed by atoms with E-state index in [1.807, 2.05) is 0 Å². The minimum Gasteiger partial charge on any atom is -0.389 e. The summed E-state index contributed by atoms with van der Waals surface area (Å²) in [5.74, 6) is 0. The van der Waals surface area contributed by atoms with Gasteiger partial charge in [-0.2, -0.15) is 0 Å². The second kappa shape index (κ2) is 4.57. The third-order valence-corrected chi connectivity index (χ3v) is 4.99. The molecule has 2 atom stereocenters. The van der Waals surface area contributed by atoms with Gasteiger partial charge in [0.2, 0.25) is 0 Å². The molecule has 2 aliphatic rings. The zero-order valence-corrected chi connectivity index (χ0v) is 11.7. The smallest absolute Gasteiger partial charge is 0.0717 e. The molecule has 2 aromatic carbocycles. The molecule has 2 unspecified atom stereocenters. The summed E-state index contributed by atoms with van der Waals surface area (Å²) < 4.78 is 0. The molecule has 4 rings (SSSR count). The highest BCUT2D eigenvalue weighted by Gasteiger charge is 2.42. The van der Waals surface area contributed by atoms with E-state index in [1.54, 1.807) is 0 Å². The number of rotatable bonds is 2. The van der Waals surface area contributed by atoms with E-state index in [0.29, 0.717) is 12.1 Å². The average molecular weight is 267 g/mol. The van der Waals surface area contributed by atoms with Gasteiger partial charge < -0.3 is 10.4 Å². The van der Waals surface area contributed by atoms with Gasteiger partial charge in [0.05, 0.1) is 5.60 Å². The van der Waals surface area contributed by atoms with Gasteiger partial charge in [0, 0.05) is 18.5 Å². The molecule has 2 aliphatic heterocycles. The van der Waals surface area contributed by atoms with Gasteiger partial charge in [0.15, 0.2) is 0 Å². The summed E-state index contributed by atoms with van der Waals surface area (Å²) in [5, 5.41) is 17.2. The molecule has 2 bridgehead atoms. The lowest BCUT2D eigenvalue weighted by atomic mass is 9.81. The van der Waals surface area contributed by atoms with Gasteiger partial charge in [-0.3, -0.25) is 0 Å². The number of nitrogens with one attached hydrogen (secondary N) is 1. The van der Waals surface area contributed by atoms with Crippen LogP contribution in [0, 0.1) is 0 Å². The lowest BCUT2D eigenvalue weighted by Crippen LogP contribution is -2.49. The number of hydrogen-bond donors (Lipinski definition) is 2. The fourth-order valence-corrected chi connectivity index (χ4v) is 4.17. The molecule has 0 radical (unpaired) electrons. The molecule has 0 amide bonds. The Balaban J connectivity index is 1.67. The van der Waals surface area contributed by atoms with Crippen molar-refractivity contribution in [3.63, 3.8) is 0 Å². The first-order chi connectivity index (χ1) is 9.72. The van der Waals surface area contributed by atoms with Crippen molar-refractivity contribution in [1.29, 1.82) is 0 Å². The molecule has 2 heteroatoms. The molecule has 2 aromatic rings. The quantitative estimate of drug-likeness (QED) is 0.876. The second-order valence-electron chi connectivity index (χ2n) is 6.59. The van der Waals surface area contributed by atoms with Crippen LogP contribution in [0.1, 0.15) is 31.2 Å². The first kappa shape index (κ1) is 12.4. The normalized spacial score (nSPS) is 32.6. The molecule has 2 nitrogen and oxygen atoms in total. The van der Waals surface area contributed by atoms with Gasteiger partial charge in [-0.1, -0.05) is 42.5 Å². The SMILES string of the molecule is OC1(Cc2cccc3ccccc23)CC2CCC(C1)N2. The molecular weight excluding hydrogens is 246 g/mol. The van der Waals surface area contributed by atoms with Crippen molar-refractivity contribution in [3.8, 4) is 0 Å². The first-order valence-corrected chi connectivity index (χ1v) is 7.67. The molecule has 0 aromatic heterocycles. The van der Waals surface area contributed by atoms with Crippen LogP contribution in [-0.4, -0.2) is 22.8 Å². The Bertz CT molecular complexity index is 619. The maximum atomic E-state index is 11.0. The van der Waals surface area contributed by atoms with Crippen LogP contribution in [0.25, 0.3) is 10.8 Å². The van der Waals surface area contributed by atoms with Crippen LogP contribution in [0.4, 0.5) is 0 Å². The molecule has 20 heavy (non-hydrogen) atoms. The Morgan fingerprint density at radius 3 is 2.50 bits per heavy atom. The predicted octanol–water partition coefficient (Wildman–Crippen LogP) is 3.03. The maximum Gasteiger partial charge on any atom is 0.0717 e. The molecular formula is C18H21NO.